The molecule has 1 aliphatic rings. The van der Waals surface area contributed by atoms with Crippen molar-refractivity contribution in [2.24, 2.45) is 0 Å². The molecule has 112 valence electrons. The number of anilines is 2. The lowest BCUT2D eigenvalue weighted by Crippen LogP contribution is -2.29. The lowest BCUT2D eigenvalue weighted by Gasteiger charge is -2.26. The second-order valence-electron chi connectivity index (χ2n) is 5.30. The first-order valence-electron chi connectivity index (χ1n) is 7.29. The van der Waals surface area contributed by atoms with E-state index in [0.717, 1.165) is 37.8 Å². The van der Waals surface area contributed by atoms with Crippen LogP contribution in [0.2, 0.25) is 0 Å². The number of nitrogens with one attached hydrogen (secondary N) is 2. The van der Waals surface area contributed by atoms with Crippen LogP contribution < -0.4 is 10.6 Å². The zero-order valence-corrected chi connectivity index (χ0v) is 12.3. The summed E-state index contributed by atoms with van der Waals surface area (Å²) in [6, 6.07) is 2.34. The van der Waals surface area contributed by atoms with Crippen LogP contribution in [0, 0.1) is 11.3 Å². The molecular formula is C15H21N5O. The Hall–Kier alpha value is -2.13. The molecule has 0 bridgehead atoms. The summed E-state index contributed by atoms with van der Waals surface area (Å²) < 4.78 is 0. The molecule has 0 saturated heterocycles. The lowest BCUT2D eigenvalue weighted by molar-refractivity contribution is 0.126. The molecule has 0 aromatic carbocycles. The Morgan fingerprint density at radius 2 is 2.19 bits per heavy atom. The normalized spacial score (nSPS) is 21.4. The number of hydrogen-bond acceptors (Lipinski definition) is 6. The summed E-state index contributed by atoms with van der Waals surface area (Å²) in [5.74, 6) is 0.986. The van der Waals surface area contributed by atoms with Crippen LogP contribution in [0.4, 0.5) is 11.8 Å². The van der Waals surface area contributed by atoms with Gasteiger partial charge in [-0.15, -0.1) is 0 Å². The second-order valence-corrected chi connectivity index (χ2v) is 5.30. The average Bonchev–Trinajstić information content (AvgIpc) is 2.50. The maximum atomic E-state index is 9.52. The van der Waals surface area contributed by atoms with Crippen molar-refractivity contribution < 1.29 is 5.11 Å². The predicted molar refractivity (Wildman–Crippen MR) is 81.7 cm³/mol. The zero-order chi connectivity index (χ0) is 15.2. The van der Waals surface area contributed by atoms with Gasteiger partial charge in [0, 0.05) is 11.7 Å². The summed E-state index contributed by atoms with van der Waals surface area (Å²) in [5, 5.41) is 24.9. The van der Waals surface area contributed by atoms with Crippen LogP contribution in [0.5, 0.6) is 0 Å². The van der Waals surface area contributed by atoms with Crippen molar-refractivity contribution in [3.8, 4) is 6.07 Å². The summed E-state index contributed by atoms with van der Waals surface area (Å²) in [5.41, 5.74) is 1.20. The molecule has 1 saturated carbocycles. The van der Waals surface area contributed by atoms with Crippen LogP contribution in [0.1, 0.15) is 44.6 Å². The van der Waals surface area contributed by atoms with Gasteiger partial charge in [0.15, 0.2) is 5.82 Å². The number of allylic oxidation sites excluding steroid dienone is 1. The van der Waals surface area contributed by atoms with Crippen molar-refractivity contribution in [3.63, 3.8) is 0 Å². The Bertz CT molecular complexity index is 543. The Balaban J connectivity index is 2.08. The molecule has 6 nitrogen and oxygen atoms in total. The molecule has 6 heteroatoms. The number of aromatic nitrogens is 2. The first-order chi connectivity index (χ1) is 10.1. The third kappa shape index (κ3) is 4.17. The van der Waals surface area contributed by atoms with Crippen molar-refractivity contribution in [2.75, 3.05) is 10.6 Å². The molecule has 3 N–H and O–H groups in total. The predicted octanol–water partition coefficient (Wildman–Crippen LogP) is 2.40. The maximum absolute atomic E-state index is 9.52. The standard InChI is InChI=1S/C15H21N5O/c1-3-10(2)18-14-11(8-16)9-17-15(20-14)19-12-4-6-13(21)7-5-12/h9,12-13,21H,2-7H2,1H3,(H2,17,18,19,20). The van der Waals surface area contributed by atoms with Gasteiger partial charge >= 0.3 is 0 Å². The molecule has 0 radical (unpaired) electrons. The topological polar surface area (TPSA) is 93.9 Å². The van der Waals surface area contributed by atoms with Crippen molar-refractivity contribution >= 4 is 11.8 Å². The minimum atomic E-state index is -0.185. The Kier molecular flexibility index (Phi) is 5.12. The van der Waals surface area contributed by atoms with Crippen molar-refractivity contribution in [2.45, 2.75) is 51.2 Å². The third-order valence-electron chi connectivity index (χ3n) is 3.66. The van der Waals surface area contributed by atoms with Gasteiger partial charge in [-0.3, -0.25) is 0 Å². The molecule has 0 spiro atoms. The van der Waals surface area contributed by atoms with E-state index in [4.69, 9.17) is 5.26 Å². The number of nitriles is 1. The van der Waals surface area contributed by atoms with E-state index in [1.807, 2.05) is 6.92 Å². The van der Waals surface area contributed by atoms with E-state index < -0.39 is 0 Å². The molecule has 1 heterocycles. The first-order valence-corrected chi connectivity index (χ1v) is 7.29. The highest BCUT2D eigenvalue weighted by molar-refractivity contribution is 5.56. The Morgan fingerprint density at radius 3 is 2.81 bits per heavy atom. The van der Waals surface area contributed by atoms with E-state index in [2.05, 4.69) is 33.2 Å². The molecule has 1 fully saturated rings. The van der Waals surface area contributed by atoms with Gasteiger partial charge in [0.25, 0.3) is 0 Å². The molecule has 21 heavy (non-hydrogen) atoms. The van der Waals surface area contributed by atoms with Crippen LogP contribution >= 0.6 is 0 Å². The zero-order valence-electron chi connectivity index (χ0n) is 12.3. The number of aliphatic hydroxyl groups excluding tert-OH is 1. The Morgan fingerprint density at radius 1 is 1.48 bits per heavy atom. The van der Waals surface area contributed by atoms with Crippen molar-refractivity contribution in [1.82, 2.24) is 9.97 Å². The van der Waals surface area contributed by atoms with Crippen molar-refractivity contribution in [3.05, 3.63) is 24.0 Å². The molecule has 2 rings (SSSR count). The lowest BCUT2D eigenvalue weighted by atomic mass is 9.93. The van der Waals surface area contributed by atoms with Gasteiger partial charge in [-0.1, -0.05) is 13.5 Å². The van der Waals surface area contributed by atoms with E-state index >= 15 is 0 Å². The number of rotatable bonds is 5. The molecule has 1 aromatic rings. The van der Waals surface area contributed by atoms with E-state index in [-0.39, 0.29) is 12.1 Å². The highest BCUT2D eigenvalue weighted by Crippen LogP contribution is 2.22. The summed E-state index contributed by atoms with van der Waals surface area (Å²) in [6.07, 6.45) is 5.48. The highest BCUT2D eigenvalue weighted by Gasteiger charge is 2.20. The van der Waals surface area contributed by atoms with Crippen LogP contribution in [-0.2, 0) is 0 Å². The Labute approximate surface area is 124 Å². The average molecular weight is 287 g/mol. The van der Waals surface area contributed by atoms with Gasteiger partial charge < -0.3 is 15.7 Å². The summed E-state index contributed by atoms with van der Waals surface area (Å²) in [7, 11) is 0. The van der Waals surface area contributed by atoms with Gasteiger partial charge in [-0.2, -0.15) is 10.2 Å². The number of aliphatic hydroxyl groups is 1. The third-order valence-corrected chi connectivity index (χ3v) is 3.66. The van der Waals surface area contributed by atoms with E-state index in [9.17, 15) is 5.11 Å². The summed E-state index contributed by atoms with van der Waals surface area (Å²) in [6.45, 7) is 5.85. The largest absolute Gasteiger partial charge is 0.393 e. The molecular weight excluding hydrogens is 266 g/mol. The van der Waals surface area contributed by atoms with Gasteiger partial charge in [-0.05, 0) is 32.1 Å². The highest BCUT2D eigenvalue weighted by atomic mass is 16.3. The summed E-state index contributed by atoms with van der Waals surface area (Å²) >= 11 is 0. The van der Waals surface area contributed by atoms with Gasteiger partial charge in [0.1, 0.15) is 11.6 Å². The molecule has 0 unspecified atom stereocenters. The molecule has 1 aromatic heterocycles. The second kappa shape index (κ2) is 7.04. The molecule has 1 aliphatic carbocycles. The first kappa shape index (κ1) is 15.3. The smallest absolute Gasteiger partial charge is 0.224 e. The maximum Gasteiger partial charge on any atom is 0.224 e. The van der Waals surface area contributed by atoms with Crippen LogP contribution in [0.3, 0.4) is 0 Å². The molecule has 0 aliphatic heterocycles. The number of nitrogens with zero attached hydrogens (tertiary/aromatic N) is 3. The molecule has 0 atom stereocenters. The quantitative estimate of drug-likeness (QED) is 0.770. The van der Waals surface area contributed by atoms with E-state index in [1.54, 1.807) is 0 Å². The number of hydrogen-bond donors (Lipinski definition) is 3. The fourth-order valence-electron chi connectivity index (χ4n) is 2.29. The van der Waals surface area contributed by atoms with Gasteiger partial charge in [0.2, 0.25) is 5.95 Å². The van der Waals surface area contributed by atoms with E-state index in [1.165, 1.54) is 6.20 Å². The van der Waals surface area contributed by atoms with Crippen molar-refractivity contribution in [1.29, 1.82) is 5.26 Å². The van der Waals surface area contributed by atoms with E-state index in [0.29, 0.717) is 17.3 Å². The van der Waals surface area contributed by atoms with Crippen LogP contribution in [0.15, 0.2) is 18.5 Å². The fraction of sp³-hybridized carbons (Fsp3) is 0.533. The summed E-state index contributed by atoms with van der Waals surface area (Å²) in [4.78, 5) is 8.54. The van der Waals surface area contributed by atoms with Gasteiger partial charge in [0.05, 0.1) is 12.3 Å². The fourth-order valence-corrected chi connectivity index (χ4v) is 2.29. The van der Waals surface area contributed by atoms with Crippen LogP contribution in [-0.4, -0.2) is 27.2 Å². The van der Waals surface area contributed by atoms with Gasteiger partial charge in [-0.25, -0.2) is 4.98 Å². The SMILES string of the molecule is C=C(CC)Nc1nc(NC2CCC(O)CC2)ncc1C#N. The minimum absolute atomic E-state index is 0.185. The monoisotopic (exact) mass is 287 g/mol. The molecule has 0 amide bonds. The minimum Gasteiger partial charge on any atom is -0.393 e. The van der Waals surface area contributed by atoms with Crippen LogP contribution in [0.25, 0.3) is 0 Å².